The molecule has 146 valence electrons. The summed E-state index contributed by atoms with van der Waals surface area (Å²) in [5.41, 5.74) is 2.31. The minimum Gasteiger partial charge on any atom is -0.379 e. The Morgan fingerprint density at radius 3 is 2.50 bits per heavy atom. The van der Waals surface area contributed by atoms with Gasteiger partial charge < -0.3 is 14.5 Å². The highest BCUT2D eigenvalue weighted by Gasteiger charge is 2.24. The van der Waals surface area contributed by atoms with E-state index >= 15 is 0 Å². The van der Waals surface area contributed by atoms with Gasteiger partial charge in [-0.1, -0.05) is 0 Å². The van der Waals surface area contributed by atoms with E-state index in [1.54, 1.807) is 35.6 Å². The van der Waals surface area contributed by atoms with Gasteiger partial charge in [-0.3, -0.25) is 9.69 Å². The van der Waals surface area contributed by atoms with Crippen LogP contribution < -0.4 is 4.90 Å². The molecule has 0 aliphatic carbocycles. The summed E-state index contributed by atoms with van der Waals surface area (Å²) >= 11 is 1.68. The minimum absolute atomic E-state index is 0.0243. The van der Waals surface area contributed by atoms with Crippen molar-refractivity contribution in [3.63, 3.8) is 0 Å². The average molecular weight is 398 g/mol. The van der Waals surface area contributed by atoms with E-state index in [-0.39, 0.29) is 5.91 Å². The molecular formula is C20H23N5O2S. The van der Waals surface area contributed by atoms with E-state index < -0.39 is 0 Å². The zero-order chi connectivity index (χ0) is 19.3. The Kier molecular flexibility index (Phi) is 5.86. The van der Waals surface area contributed by atoms with Crippen LogP contribution in [-0.4, -0.2) is 73.2 Å². The second kappa shape index (κ2) is 8.69. The number of morpholine rings is 1. The van der Waals surface area contributed by atoms with Crippen molar-refractivity contribution in [2.24, 2.45) is 0 Å². The third-order valence-corrected chi connectivity index (χ3v) is 6.08. The van der Waals surface area contributed by atoms with E-state index in [1.807, 2.05) is 4.90 Å². The van der Waals surface area contributed by atoms with Crippen LogP contribution in [0.2, 0.25) is 0 Å². The number of benzene rings is 1. The van der Waals surface area contributed by atoms with Crippen LogP contribution in [-0.2, 0) is 11.3 Å². The third-order valence-electron chi connectivity index (χ3n) is 5.13. The highest BCUT2D eigenvalue weighted by atomic mass is 32.1. The van der Waals surface area contributed by atoms with Crippen molar-refractivity contribution in [2.75, 3.05) is 57.4 Å². The smallest absolute Gasteiger partial charge is 0.253 e. The molecule has 0 saturated carbocycles. The molecule has 2 fully saturated rings. The van der Waals surface area contributed by atoms with Gasteiger partial charge in [-0.2, -0.15) is 5.26 Å². The number of hydrogen-bond acceptors (Lipinski definition) is 7. The Labute approximate surface area is 168 Å². The zero-order valence-electron chi connectivity index (χ0n) is 15.7. The van der Waals surface area contributed by atoms with Crippen molar-refractivity contribution >= 4 is 22.4 Å². The number of aromatic nitrogens is 1. The lowest BCUT2D eigenvalue weighted by Crippen LogP contribution is -2.48. The predicted molar refractivity (Wildman–Crippen MR) is 107 cm³/mol. The maximum absolute atomic E-state index is 12.7. The molecule has 1 amide bonds. The van der Waals surface area contributed by atoms with Crippen molar-refractivity contribution < 1.29 is 9.53 Å². The number of nitrogens with zero attached hydrogens (tertiary/aromatic N) is 5. The quantitative estimate of drug-likeness (QED) is 0.784. The fraction of sp³-hybridized carbons (Fsp3) is 0.450. The van der Waals surface area contributed by atoms with Crippen LogP contribution >= 0.6 is 11.3 Å². The van der Waals surface area contributed by atoms with E-state index in [0.29, 0.717) is 24.2 Å². The summed E-state index contributed by atoms with van der Waals surface area (Å²) in [7, 11) is 0. The number of carbonyl (C=O) groups is 1. The fourth-order valence-electron chi connectivity index (χ4n) is 3.47. The molecule has 2 saturated heterocycles. The van der Waals surface area contributed by atoms with Gasteiger partial charge in [0, 0.05) is 56.8 Å². The van der Waals surface area contributed by atoms with Crippen LogP contribution in [0.1, 0.15) is 21.6 Å². The van der Waals surface area contributed by atoms with Gasteiger partial charge in [-0.15, -0.1) is 11.3 Å². The van der Waals surface area contributed by atoms with E-state index in [9.17, 15) is 4.79 Å². The van der Waals surface area contributed by atoms with Crippen LogP contribution in [0.3, 0.4) is 0 Å². The lowest BCUT2D eigenvalue weighted by atomic mass is 10.1. The first-order valence-corrected chi connectivity index (χ1v) is 10.4. The number of rotatable bonds is 4. The zero-order valence-corrected chi connectivity index (χ0v) is 16.5. The van der Waals surface area contributed by atoms with E-state index in [0.717, 1.165) is 56.8 Å². The van der Waals surface area contributed by atoms with Crippen molar-refractivity contribution in [1.82, 2.24) is 14.8 Å². The predicted octanol–water partition coefficient (Wildman–Crippen LogP) is 1.81. The Hall–Kier alpha value is -2.47. The summed E-state index contributed by atoms with van der Waals surface area (Å²) in [4.78, 5) is 24.0. The molecule has 0 atom stereocenters. The second-order valence-electron chi connectivity index (χ2n) is 6.98. The molecular weight excluding hydrogens is 374 g/mol. The molecule has 2 aliphatic heterocycles. The molecule has 0 unspecified atom stereocenters. The first kappa shape index (κ1) is 18.9. The molecule has 2 aliphatic rings. The Bertz CT molecular complexity index is 846. The molecule has 3 heterocycles. The molecule has 2 aromatic rings. The maximum Gasteiger partial charge on any atom is 0.253 e. The second-order valence-corrected chi connectivity index (χ2v) is 7.81. The van der Waals surface area contributed by atoms with Crippen molar-refractivity contribution in [1.29, 1.82) is 5.26 Å². The molecule has 0 bridgehead atoms. The number of amides is 1. The standard InChI is InChI=1S/C20H23N5O2S/c21-13-16-1-3-17(4-2-16)19(26)24-5-7-25(8-6-24)20-22-18(15-28-20)14-23-9-11-27-12-10-23/h1-4,15H,5-12,14H2. The van der Waals surface area contributed by atoms with E-state index in [2.05, 4.69) is 21.2 Å². The lowest BCUT2D eigenvalue weighted by molar-refractivity contribution is 0.0337. The lowest BCUT2D eigenvalue weighted by Gasteiger charge is -2.34. The van der Waals surface area contributed by atoms with E-state index in [1.165, 1.54) is 0 Å². The Morgan fingerprint density at radius 1 is 1.11 bits per heavy atom. The van der Waals surface area contributed by atoms with Gasteiger partial charge in [0.25, 0.3) is 5.91 Å². The molecule has 4 rings (SSSR count). The third kappa shape index (κ3) is 4.33. The summed E-state index contributed by atoms with van der Waals surface area (Å²) < 4.78 is 5.40. The van der Waals surface area contributed by atoms with Gasteiger partial charge in [-0.25, -0.2) is 4.98 Å². The molecule has 7 nitrogen and oxygen atoms in total. The number of ether oxygens (including phenoxy) is 1. The highest BCUT2D eigenvalue weighted by molar-refractivity contribution is 7.13. The van der Waals surface area contributed by atoms with Crippen molar-refractivity contribution in [3.05, 3.63) is 46.5 Å². The summed E-state index contributed by atoms with van der Waals surface area (Å²) in [6.45, 7) is 7.31. The number of thiazole rings is 1. The van der Waals surface area contributed by atoms with Gasteiger partial charge in [0.1, 0.15) is 0 Å². The van der Waals surface area contributed by atoms with Crippen LogP contribution in [0.5, 0.6) is 0 Å². The fourth-order valence-corrected chi connectivity index (χ4v) is 4.34. The molecule has 1 aromatic carbocycles. The summed E-state index contributed by atoms with van der Waals surface area (Å²) in [6.07, 6.45) is 0. The monoisotopic (exact) mass is 397 g/mol. The van der Waals surface area contributed by atoms with Gasteiger partial charge in [0.2, 0.25) is 0 Å². The van der Waals surface area contributed by atoms with Gasteiger partial charge >= 0.3 is 0 Å². The van der Waals surface area contributed by atoms with Crippen LogP contribution in [0.4, 0.5) is 5.13 Å². The van der Waals surface area contributed by atoms with Crippen LogP contribution in [0.15, 0.2) is 29.6 Å². The maximum atomic E-state index is 12.7. The first-order chi connectivity index (χ1) is 13.7. The van der Waals surface area contributed by atoms with Gasteiger partial charge in [-0.05, 0) is 24.3 Å². The molecule has 0 radical (unpaired) electrons. The van der Waals surface area contributed by atoms with Gasteiger partial charge in [0.05, 0.1) is 30.5 Å². The summed E-state index contributed by atoms with van der Waals surface area (Å²) in [6, 6.07) is 8.91. The largest absolute Gasteiger partial charge is 0.379 e. The molecule has 0 spiro atoms. The molecule has 28 heavy (non-hydrogen) atoms. The Balaban J connectivity index is 1.31. The number of nitriles is 1. The SMILES string of the molecule is N#Cc1ccc(C(=O)N2CCN(c3nc(CN4CCOCC4)cs3)CC2)cc1. The van der Waals surface area contributed by atoms with E-state index in [4.69, 9.17) is 15.0 Å². The average Bonchev–Trinajstić information content (AvgIpc) is 3.22. The number of anilines is 1. The summed E-state index contributed by atoms with van der Waals surface area (Å²) in [5, 5.41) is 12.1. The highest BCUT2D eigenvalue weighted by Crippen LogP contribution is 2.23. The first-order valence-electron chi connectivity index (χ1n) is 9.52. The number of piperazine rings is 1. The normalized spacial score (nSPS) is 18.1. The van der Waals surface area contributed by atoms with Gasteiger partial charge in [0.15, 0.2) is 5.13 Å². The summed E-state index contributed by atoms with van der Waals surface area (Å²) in [5.74, 6) is 0.0243. The van der Waals surface area contributed by atoms with Crippen LogP contribution in [0.25, 0.3) is 0 Å². The number of carbonyl (C=O) groups excluding carboxylic acids is 1. The van der Waals surface area contributed by atoms with Crippen LogP contribution in [0, 0.1) is 11.3 Å². The molecule has 1 aromatic heterocycles. The minimum atomic E-state index is 0.0243. The topological polar surface area (TPSA) is 72.7 Å². The molecule has 0 N–H and O–H groups in total. The Morgan fingerprint density at radius 2 is 1.82 bits per heavy atom. The van der Waals surface area contributed by atoms with Crippen molar-refractivity contribution in [3.8, 4) is 6.07 Å². The molecule has 8 heteroatoms. The van der Waals surface area contributed by atoms with Crippen molar-refractivity contribution in [2.45, 2.75) is 6.54 Å². The number of hydrogen-bond donors (Lipinski definition) is 0.